The number of rotatable bonds is 8. The zero-order chi connectivity index (χ0) is 10.6. The molecule has 0 saturated carbocycles. The van der Waals surface area contributed by atoms with E-state index in [1.54, 1.807) is 7.11 Å². The number of hydrogen-bond donors (Lipinski definition) is 2. The van der Waals surface area contributed by atoms with Crippen molar-refractivity contribution in [3.63, 3.8) is 0 Å². The monoisotopic (exact) mass is 202 g/mol. The summed E-state index contributed by atoms with van der Waals surface area (Å²) in [7, 11) is 1.62. The number of methoxy groups -OCH3 is 1. The predicted octanol–water partition coefficient (Wildman–Crippen LogP) is 1.51. The fourth-order valence-corrected chi connectivity index (χ4v) is 1.08. The van der Waals surface area contributed by atoms with Crippen LogP contribution in [-0.2, 0) is 4.74 Å². The van der Waals surface area contributed by atoms with Crippen LogP contribution in [0.25, 0.3) is 0 Å². The molecule has 0 fully saturated rings. The Balaban J connectivity index is 3.10. The maximum absolute atomic E-state index is 11.1. The quantitative estimate of drug-likeness (QED) is 0.586. The minimum absolute atomic E-state index is 0.0986. The number of urea groups is 1. The molecule has 14 heavy (non-hydrogen) atoms. The van der Waals surface area contributed by atoms with E-state index in [1.807, 2.05) is 0 Å². The maximum atomic E-state index is 11.1. The molecule has 2 amide bonds. The van der Waals surface area contributed by atoms with Crippen LogP contribution in [0.4, 0.5) is 4.79 Å². The molecule has 0 aliphatic carbocycles. The Morgan fingerprint density at radius 2 is 1.86 bits per heavy atom. The van der Waals surface area contributed by atoms with Gasteiger partial charge >= 0.3 is 6.03 Å². The number of unbranched alkanes of at least 4 members (excludes halogenated alkanes) is 3. The molecule has 0 aromatic heterocycles. The minimum atomic E-state index is -0.0986. The van der Waals surface area contributed by atoms with Gasteiger partial charge in [-0.2, -0.15) is 0 Å². The van der Waals surface area contributed by atoms with Gasteiger partial charge in [0.1, 0.15) is 0 Å². The van der Waals surface area contributed by atoms with Gasteiger partial charge in [0, 0.05) is 20.2 Å². The topological polar surface area (TPSA) is 50.4 Å². The molecule has 0 unspecified atom stereocenters. The Labute approximate surface area is 86.4 Å². The molecule has 0 rings (SSSR count). The smallest absolute Gasteiger partial charge is 0.314 e. The van der Waals surface area contributed by atoms with E-state index in [9.17, 15) is 4.79 Å². The molecule has 84 valence electrons. The molecule has 0 aromatic carbocycles. The first kappa shape index (κ1) is 13.2. The second-order valence-corrected chi connectivity index (χ2v) is 3.24. The van der Waals surface area contributed by atoms with Crippen LogP contribution in [-0.4, -0.2) is 32.8 Å². The van der Waals surface area contributed by atoms with Crippen molar-refractivity contribution >= 4 is 6.03 Å². The standard InChI is InChI=1S/C10H22N2O2/c1-3-4-5-6-7-11-10(13)12-8-9-14-2/h3-9H2,1-2H3,(H2,11,12,13). The van der Waals surface area contributed by atoms with Gasteiger partial charge in [0.2, 0.25) is 0 Å². The highest BCUT2D eigenvalue weighted by Crippen LogP contribution is 1.96. The summed E-state index contributed by atoms with van der Waals surface area (Å²) in [6, 6.07) is -0.0986. The van der Waals surface area contributed by atoms with Gasteiger partial charge in [-0.25, -0.2) is 4.79 Å². The van der Waals surface area contributed by atoms with E-state index in [0.717, 1.165) is 13.0 Å². The van der Waals surface area contributed by atoms with Gasteiger partial charge in [-0.3, -0.25) is 0 Å². The van der Waals surface area contributed by atoms with Gasteiger partial charge in [0.25, 0.3) is 0 Å². The van der Waals surface area contributed by atoms with Crippen LogP contribution in [0.5, 0.6) is 0 Å². The number of carbonyl (C=O) groups excluding carboxylic acids is 1. The normalized spacial score (nSPS) is 9.86. The molecule has 4 heteroatoms. The number of carbonyl (C=O) groups is 1. The lowest BCUT2D eigenvalue weighted by atomic mass is 10.2. The second-order valence-electron chi connectivity index (χ2n) is 3.24. The van der Waals surface area contributed by atoms with E-state index in [4.69, 9.17) is 4.74 Å². The van der Waals surface area contributed by atoms with E-state index in [-0.39, 0.29) is 6.03 Å². The number of hydrogen-bond acceptors (Lipinski definition) is 2. The van der Waals surface area contributed by atoms with Gasteiger partial charge in [0.05, 0.1) is 6.61 Å². The number of amides is 2. The third kappa shape index (κ3) is 9.32. The van der Waals surface area contributed by atoms with Gasteiger partial charge in [-0.15, -0.1) is 0 Å². The largest absolute Gasteiger partial charge is 0.383 e. The summed E-state index contributed by atoms with van der Waals surface area (Å²) in [5.41, 5.74) is 0. The molecular formula is C10H22N2O2. The lowest BCUT2D eigenvalue weighted by Crippen LogP contribution is -2.37. The second kappa shape index (κ2) is 10.3. The van der Waals surface area contributed by atoms with Crippen molar-refractivity contribution in [2.45, 2.75) is 32.6 Å². The van der Waals surface area contributed by atoms with Crippen molar-refractivity contribution in [1.29, 1.82) is 0 Å². The molecule has 0 aromatic rings. The molecule has 0 aliphatic heterocycles. The van der Waals surface area contributed by atoms with Crippen molar-refractivity contribution in [3.8, 4) is 0 Å². The first-order valence-electron chi connectivity index (χ1n) is 5.32. The summed E-state index contributed by atoms with van der Waals surface area (Å²) >= 11 is 0. The number of ether oxygens (including phenoxy) is 1. The highest BCUT2D eigenvalue weighted by molar-refractivity contribution is 5.73. The van der Waals surface area contributed by atoms with Crippen molar-refractivity contribution in [2.75, 3.05) is 26.8 Å². The van der Waals surface area contributed by atoms with E-state index in [1.165, 1.54) is 19.3 Å². The molecular weight excluding hydrogens is 180 g/mol. The summed E-state index contributed by atoms with van der Waals surface area (Å²) in [6.07, 6.45) is 4.72. The molecule has 4 nitrogen and oxygen atoms in total. The molecule has 0 heterocycles. The van der Waals surface area contributed by atoms with E-state index < -0.39 is 0 Å². The summed E-state index contributed by atoms with van der Waals surface area (Å²) in [5, 5.41) is 5.49. The highest BCUT2D eigenvalue weighted by atomic mass is 16.5. The SMILES string of the molecule is CCCCCCNC(=O)NCCOC. The van der Waals surface area contributed by atoms with Crippen molar-refractivity contribution in [3.05, 3.63) is 0 Å². The first-order valence-corrected chi connectivity index (χ1v) is 5.32. The zero-order valence-electron chi connectivity index (χ0n) is 9.27. The highest BCUT2D eigenvalue weighted by Gasteiger charge is 1.96. The average Bonchev–Trinajstić information content (AvgIpc) is 2.18. The summed E-state index contributed by atoms with van der Waals surface area (Å²) in [5.74, 6) is 0. The Kier molecular flexibility index (Phi) is 9.74. The van der Waals surface area contributed by atoms with Crippen molar-refractivity contribution < 1.29 is 9.53 Å². The van der Waals surface area contributed by atoms with Crippen LogP contribution in [0.2, 0.25) is 0 Å². The molecule has 0 saturated heterocycles. The lowest BCUT2D eigenvalue weighted by Gasteiger charge is -2.06. The molecule has 2 N–H and O–H groups in total. The van der Waals surface area contributed by atoms with Gasteiger partial charge in [-0.05, 0) is 6.42 Å². The van der Waals surface area contributed by atoms with Crippen molar-refractivity contribution in [1.82, 2.24) is 10.6 Å². The van der Waals surface area contributed by atoms with Gasteiger partial charge in [-0.1, -0.05) is 26.2 Å². The van der Waals surface area contributed by atoms with Crippen LogP contribution in [0.1, 0.15) is 32.6 Å². The molecule has 0 spiro atoms. The molecule has 0 radical (unpaired) electrons. The Hall–Kier alpha value is -0.770. The van der Waals surface area contributed by atoms with Crippen LogP contribution >= 0.6 is 0 Å². The fraction of sp³-hybridized carbons (Fsp3) is 0.900. The Morgan fingerprint density at radius 3 is 2.50 bits per heavy atom. The average molecular weight is 202 g/mol. The molecule has 0 aliphatic rings. The van der Waals surface area contributed by atoms with Crippen LogP contribution in [0, 0.1) is 0 Å². The minimum Gasteiger partial charge on any atom is -0.383 e. The first-order chi connectivity index (χ1) is 6.81. The maximum Gasteiger partial charge on any atom is 0.314 e. The predicted molar refractivity (Wildman–Crippen MR) is 57.4 cm³/mol. The van der Waals surface area contributed by atoms with Crippen LogP contribution in [0.15, 0.2) is 0 Å². The van der Waals surface area contributed by atoms with Crippen LogP contribution < -0.4 is 10.6 Å². The Bertz CT molecular complexity index is 140. The van der Waals surface area contributed by atoms with Gasteiger partial charge in [0.15, 0.2) is 0 Å². The molecule has 0 atom stereocenters. The summed E-state index contributed by atoms with van der Waals surface area (Å²) in [6.45, 7) is 4.06. The van der Waals surface area contributed by atoms with Gasteiger partial charge < -0.3 is 15.4 Å². The van der Waals surface area contributed by atoms with E-state index >= 15 is 0 Å². The van der Waals surface area contributed by atoms with Crippen molar-refractivity contribution in [2.24, 2.45) is 0 Å². The lowest BCUT2D eigenvalue weighted by molar-refractivity contribution is 0.196. The zero-order valence-corrected chi connectivity index (χ0v) is 9.27. The van der Waals surface area contributed by atoms with E-state index in [0.29, 0.717) is 13.2 Å². The van der Waals surface area contributed by atoms with E-state index in [2.05, 4.69) is 17.6 Å². The third-order valence-corrected chi connectivity index (χ3v) is 1.91. The Morgan fingerprint density at radius 1 is 1.14 bits per heavy atom. The van der Waals surface area contributed by atoms with Crippen LogP contribution in [0.3, 0.4) is 0 Å². The summed E-state index contributed by atoms with van der Waals surface area (Å²) < 4.78 is 4.81. The fourth-order valence-electron chi connectivity index (χ4n) is 1.08. The molecule has 0 bridgehead atoms. The third-order valence-electron chi connectivity index (χ3n) is 1.91. The number of nitrogens with one attached hydrogen (secondary N) is 2. The summed E-state index contributed by atoms with van der Waals surface area (Å²) in [4.78, 5) is 11.1.